The molecule has 0 aromatic carbocycles. The lowest BCUT2D eigenvalue weighted by Gasteiger charge is -2.12. The third-order valence-corrected chi connectivity index (χ3v) is 2.18. The predicted molar refractivity (Wildman–Crippen MR) is 62.2 cm³/mol. The number of carbonyl (C=O) groups is 1. The van der Waals surface area contributed by atoms with Crippen molar-refractivity contribution >= 4 is 17.5 Å². The molecule has 0 bridgehead atoms. The number of aromatic nitrogens is 2. The Morgan fingerprint density at radius 3 is 2.74 bits per heavy atom. The van der Waals surface area contributed by atoms with E-state index in [0.717, 1.165) is 6.33 Å². The SMILES string of the molecule is COc1ncnc(NCC(OC)C(=O)O)c1[N+](=O)[O-]. The van der Waals surface area contributed by atoms with Crippen molar-refractivity contribution in [3.8, 4) is 5.88 Å². The first kappa shape index (κ1) is 14.6. The minimum absolute atomic E-state index is 0.139. The van der Waals surface area contributed by atoms with Gasteiger partial charge < -0.3 is 19.9 Å². The average Bonchev–Trinajstić information content (AvgIpc) is 2.38. The number of carboxylic acids is 1. The normalized spacial score (nSPS) is 11.7. The van der Waals surface area contributed by atoms with Crippen LogP contribution in [0.15, 0.2) is 6.33 Å². The van der Waals surface area contributed by atoms with Crippen molar-refractivity contribution < 1.29 is 24.3 Å². The lowest BCUT2D eigenvalue weighted by atomic mass is 10.3. The van der Waals surface area contributed by atoms with Crippen LogP contribution in [0, 0.1) is 10.1 Å². The number of nitro groups is 1. The molecule has 0 amide bonds. The molecule has 1 atom stereocenters. The Labute approximate surface area is 107 Å². The molecule has 0 fully saturated rings. The number of anilines is 1. The highest BCUT2D eigenvalue weighted by molar-refractivity contribution is 5.73. The minimum atomic E-state index is -1.20. The van der Waals surface area contributed by atoms with Gasteiger partial charge >= 0.3 is 11.7 Å². The summed E-state index contributed by atoms with van der Waals surface area (Å²) in [6.07, 6.45) is -0.0860. The second-order valence-corrected chi connectivity index (χ2v) is 3.28. The third-order valence-electron chi connectivity index (χ3n) is 2.18. The smallest absolute Gasteiger partial charge is 0.372 e. The Kier molecular flexibility index (Phi) is 4.94. The first-order chi connectivity index (χ1) is 9.01. The first-order valence-electron chi connectivity index (χ1n) is 5.04. The number of hydrogen-bond donors (Lipinski definition) is 2. The van der Waals surface area contributed by atoms with Crippen molar-refractivity contribution in [3.05, 3.63) is 16.4 Å². The monoisotopic (exact) mass is 272 g/mol. The van der Waals surface area contributed by atoms with Crippen LogP contribution < -0.4 is 10.1 Å². The second-order valence-electron chi connectivity index (χ2n) is 3.28. The minimum Gasteiger partial charge on any atom is -0.479 e. The van der Waals surface area contributed by atoms with Crippen molar-refractivity contribution in [2.45, 2.75) is 6.10 Å². The van der Waals surface area contributed by atoms with E-state index in [2.05, 4.69) is 20.0 Å². The number of ether oxygens (including phenoxy) is 2. The first-order valence-corrected chi connectivity index (χ1v) is 5.04. The fraction of sp³-hybridized carbons (Fsp3) is 0.444. The molecule has 104 valence electrons. The molecule has 0 aliphatic carbocycles. The Hall–Kier alpha value is -2.49. The van der Waals surface area contributed by atoms with Crippen molar-refractivity contribution in [1.29, 1.82) is 0 Å². The number of carboxylic acid groups (broad SMARTS) is 1. The summed E-state index contributed by atoms with van der Waals surface area (Å²) in [5, 5.41) is 22.2. The number of aliphatic carboxylic acids is 1. The number of nitrogens with one attached hydrogen (secondary N) is 1. The molecule has 10 nitrogen and oxygen atoms in total. The lowest BCUT2D eigenvalue weighted by molar-refractivity contribution is -0.385. The van der Waals surface area contributed by atoms with Crippen molar-refractivity contribution in [2.75, 3.05) is 26.1 Å². The number of rotatable bonds is 7. The summed E-state index contributed by atoms with van der Waals surface area (Å²) < 4.78 is 9.43. The maximum atomic E-state index is 10.9. The van der Waals surface area contributed by atoms with Crippen LogP contribution in [0.1, 0.15) is 0 Å². The summed E-state index contributed by atoms with van der Waals surface area (Å²) in [6, 6.07) is 0. The van der Waals surface area contributed by atoms with Crippen LogP contribution in [0.2, 0.25) is 0 Å². The maximum absolute atomic E-state index is 10.9. The fourth-order valence-corrected chi connectivity index (χ4v) is 1.27. The van der Waals surface area contributed by atoms with E-state index in [4.69, 9.17) is 9.84 Å². The Morgan fingerprint density at radius 1 is 1.58 bits per heavy atom. The van der Waals surface area contributed by atoms with Crippen LogP contribution in [-0.4, -0.2) is 52.8 Å². The quantitative estimate of drug-likeness (QED) is 0.515. The van der Waals surface area contributed by atoms with Crippen molar-refractivity contribution in [1.82, 2.24) is 9.97 Å². The highest BCUT2D eigenvalue weighted by Crippen LogP contribution is 2.30. The molecule has 0 radical (unpaired) electrons. The van der Waals surface area contributed by atoms with Crippen LogP contribution in [0.5, 0.6) is 5.88 Å². The molecule has 1 aromatic heterocycles. The predicted octanol–water partition coefficient (Wildman–Crippen LogP) is -0.0951. The molecular weight excluding hydrogens is 260 g/mol. The molecular formula is C9H12N4O6. The van der Waals surface area contributed by atoms with Gasteiger partial charge in [0.15, 0.2) is 6.10 Å². The average molecular weight is 272 g/mol. The summed E-state index contributed by atoms with van der Waals surface area (Å²) in [4.78, 5) is 28.2. The fourth-order valence-electron chi connectivity index (χ4n) is 1.27. The molecule has 1 heterocycles. The third kappa shape index (κ3) is 3.48. The standard InChI is InChI=1S/C9H12N4O6/c1-18-5(9(14)15)3-10-7-6(13(16)17)8(19-2)12-4-11-7/h4-5H,3H2,1-2H3,(H,14,15)(H,10,11,12). The molecule has 0 saturated carbocycles. The zero-order chi connectivity index (χ0) is 14.4. The second kappa shape index (κ2) is 6.44. The van der Waals surface area contributed by atoms with Gasteiger partial charge in [-0.2, -0.15) is 4.98 Å². The van der Waals surface area contributed by atoms with Gasteiger partial charge in [0.1, 0.15) is 6.33 Å². The molecule has 1 rings (SSSR count). The van der Waals surface area contributed by atoms with Gasteiger partial charge in [-0.15, -0.1) is 0 Å². The van der Waals surface area contributed by atoms with Gasteiger partial charge in [-0.3, -0.25) is 10.1 Å². The highest BCUT2D eigenvalue weighted by atomic mass is 16.6. The van der Waals surface area contributed by atoms with E-state index in [1.54, 1.807) is 0 Å². The van der Waals surface area contributed by atoms with E-state index in [0.29, 0.717) is 0 Å². The molecule has 1 aromatic rings. The Morgan fingerprint density at radius 2 is 2.26 bits per heavy atom. The van der Waals surface area contributed by atoms with Crippen LogP contribution in [-0.2, 0) is 9.53 Å². The molecule has 19 heavy (non-hydrogen) atoms. The molecule has 0 saturated heterocycles. The van der Waals surface area contributed by atoms with Gasteiger partial charge in [-0.1, -0.05) is 0 Å². The molecule has 0 aliphatic heterocycles. The van der Waals surface area contributed by atoms with E-state index >= 15 is 0 Å². The van der Waals surface area contributed by atoms with Crippen molar-refractivity contribution in [3.63, 3.8) is 0 Å². The number of methoxy groups -OCH3 is 2. The zero-order valence-corrected chi connectivity index (χ0v) is 10.2. The van der Waals surface area contributed by atoms with Gasteiger partial charge in [0.05, 0.1) is 18.6 Å². The van der Waals surface area contributed by atoms with Crippen LogP contribution in [0.3, 0.4) is 0 Å². The van der Waals surface area contributed by atoms with E-state index in [9.17, 15) is 14.9 Å². The molecule has 2 N–H and O–H groups in total. The highest BCUT2D eigenvalue weighted by Gasteiger charge is 2.25. The largest absolute Gasteiger partial charge is 0.479 e. The summed E-state index contributed by atoms with van der Waals surface area (Å²) >= 11 is 0. The maximum Gasteiger partial charge on any atom is 0.372 e. The van der Waals surface area contributed by atoms with Gasteiger partial charge in [0, 0.05) is 7.11 Å². The molecule has 0 aliphatic rings. The number of hydrogen-bond acceptors (Lipinski definition) is 8. The summed E-state index contributed by atoms with van der Waals surface area (Å²) in [5.41, 5.74) is -0.467. The molecule has 0 spiro atoms. The molecule has 10 heteroatoms. The van der Waals surface area contributed by atoms with Gasteiger partial charge in [-0.25, -0.2) is 9.78 Å². The lowest BCUT2D eigenvalue weighted by Crippen LogP contribution is -2.30. The van der Waals surface area contributed by atoms with Crippen LogP contribution >= 0.6 is 0 Å². The van der Waals surface area contributed by atoms with Gasteiger partial charge in [0.25, 0.3) is 5.88 Å². The Bertz CT molecular complexity index is 480. The summed E-state index contributed by atoms with van der Waals surface area (Å²) in [7, 11) is 2.45. The van der Waals surface area contributed by atoms with Gasteiger partial charge in [-0.05, 0) is 0 Å². The van der Waals surface area contributed by atoms with Crippen LogP contribution in [0.25, 0.3) is 0 Å². The van der Waals surface area contributed by atoms with E-state index in [1.165, 1.54) is 14.2 Å². The topological polar surface area (TPSA) is 137 Å². The summed E-state index contributed by atoms with van der Waals surface area (Å²) in [5.74, 6) is -1.55. The van der Waals surface area contributed by atoms with Crippen molar-refractivity contribution in [2.24, 2.45) is 0 Å². The molecule has 1 unspecified atom stereocenters. The zero-order valence-electron chi connectivity index (χ0n) is 10.2. The van der Waals surface area contributed by atoms with E-state index in [1.807, 2.05) is 0 Å². The number of nitrogens with zero attached hydrogens (tertiary/aromatic N) is 3. The Balaban J connectivity index is 2.95. The van der Waals surface area contributed by atoms with Crippen LogP contribution in [0.4, 0.5) is 11.5 Å². The van der Waals surface area contributed by atoms with E-state index in [-0.39, 0.29) is 18.2 Å². The van der Waals surface area contributed by atoms with E-state index < -0.39 is 22.7 Å². The van der Waals surface area contributed by atoms with Gasteiger partial charge in [0.2, 0.25) is 5.82 Å². The summed E-state index contributed by atoms with van der Waals surface area (Å²) in [6.45, 7) is -0.188.